The minimum absolute atomic E-state index is 0.154. The van der Waals surface area contributed by atoms with E-state index >= 15 is 0 Å². The fourth-order valence-corrected chi connectivity index (χ4v) is 6.19. The zero-order valence-corrected chi connectivity index (χ0v) is 22.3. The van der Waals surface area contributed by atoms with Crippen LogP contribution in [0.4, 0.5) is 5.69 Å². The lowest BCUT2D eigenvalue weighted by Crippen LogP contribution is -2.41. The molecule has 0 unspecified atom stereocenters. The van der Waals surface area contributed by atoms with Gasteiger partial charge in [-0.1, -0.05) is 41.1 Å². The van der Waals surface area contributed by atoms with E-state index in [4.69, 9.17) is 21.1 Å². The quantitative estimate of drug-likeness (QED) is 0.466. The number of anilines is 1. The van der Waals surface area contributed by atoms with Crippen molar-refractivity contribution >= 4 is 46.1 Å². The molecule has 2 aromatic carbocycles. The second kappa shape index (κ2) is 9.64. The molecule has 3 aromatic rings. The van der Waals surface area contributed by atoms with Crippen LogP contribution in [0.15, 0.2) is 63.5 Å². The number of aromatic nitrogens is 1. The molecular weight excluding hydrogens is 514 g/mol. The first-order valence-corrected chi connectivity index (χ1v) is 13.0. The lowest BCUT2D eigenvalue weighted by molar-refractivity contribution is -0.139. The molecule has 0 saturated carbocycles. The second-order valence-corrected chi connectivity index (χ2v) is 9.86. The number of hydrogen-bond acceptors (Lipinski definition) is 7. The average molecular weight is 538 g/mol. The van der Waals surface area contributed by atoms with Crippen molar-refractivity contribution in [1.82, 2.24) is 4.57 Å². The molecule has 10 heteroatoms. The number of halogens is 1. The molecule has 2 aliphatic rings. The van der Waals surface area contributed by atoms with Crippen LogP contribution < -0.4 is 24.5 Å². The molecule has 0 aliphatic carbocycles. The smallest absolute Gasteiger partial charge is 0.338 e. The van der Waals surface area contributed by atoms with Crippen molar-refractivity contribution < 1.29 is 19.1 Å². The number of thiazole rings is 1. The van der Waals surface area contributed by atoms with E-state index in [1.807, 2.05) is 31.2 Å². The fraction of sp³-hybridized carbons (Fsp3) is 0.259. The third kappa shape index (κ3) is 3.89. The number of nitrogens with zero attached hydrogens (tertiary/aromatic N) is 3. The maximum atomic E-state index is 14.1. The number of allylic oxidation sites excluding steroid dienone is 1. The van der Waals surface area contributed by atoms with Crippen molar-refractivity contribution in [2.45, 2.75) is 26.8 Å². The molecule has 0 saturated heterocycles. The van der Waals surface area contributed by atoms with Crippen LogP contribution in [0.25, 0.3) is 5.57 Å². The van der Waals surface area contributed by atoms with Crippen molar-refractivity contribution in [3.8, 4) is 5.75 Å². The normalized spacial score (nSPS) is 17.9. The Morgan fingerprint density at radius 2 is 1.92 bits per heavy atom. The van der Waals surface area contributed by atoms with Crippen molar-refractivity contribution in [2.24, 2.45) is 4.99 Å². The van der Waals surface area contributed by atoms with Crippen LogP contribution in [0.5, 0.6) is 5.75 Å². The Morgan fingerprint density at radius 3 is 2.62 bits per heavy atom. The molecular formula is C27H24ClN3O5S. The van der Waals surface area contributed by atoms with Crippen LogP contribution in [0.3, 0.4) is 0 Å². The summed E-state index contributed by atoms with van der Waals surface area (Å²) in [4.78, 5) is 47.4. The van der Waals surface area contributed by atoms with Gasteiger partial charge in [-0.2, -0.15) is 0 Å². The topological polar surface area (TPSA) is 90.2 Å². The van der Waals surface area contributed by atoms with Crippen molar-refractivity contribution in [1.29, 1.82) is 0 Å². The molecule has 8 nitrogen and oxygen atoms in total. The van der Waals surface area contributed by atoms with Gasteiger partial charge in [-0.15, -0.1) is 0 Å². The minimum atomic E-state index is -0.910. The van der Waals surface area contributed by atoms with Gasteiger partial charge in [-0.3, -0.25) is 14.2 Å². The van der Waals surface area contributed by atoms with E-state index in [9.17, 15) is 14.4 Å². The number of ether oxygens (including phenoxy) is 2. The van der Waals surface area contributed by atoms with Gasteiger partial charge in [-0.05, 0) is 45.0 Å². The van der Waals surface area contributed by atoms with Gasteiger partial charge in [0.1, 0.15) is 16.3 Å². The largest absolute Gasteiger partial charge is 0.496 e. The molecule has 3 heterocycles. The van der Waals surface area contributed by atoms with E-state index in [1.165, 1.54) is 11.7 Å². The lowest BCUT2D eigenvalue weighted by Gasteiger charge is -2.26. The van der Waals surface area contributed by atoms with Gasteiger partial charge in [0.15, 0.2) is 4.80 Å². The molecule has 1 amide bonds. The van der Waals surface area contributed by atoms with Crippen LogP contribution in [0.1, 0.15) is 37.9 Å². The maximum Gasteiger partial charge on any atom is 0.338 e. The Bertz CT molecular complexity index is 1670. The molecule has 5 rings (SSSR count). The van der Waals surface area contributed by atoms with Gasteiger partial charge in [0.05, 0.1) is 36.2 Å². The Hall–Kier alpha value is -3.69. The number of para-hydroxylation sites is 1. The van der Waals surface area contributed by atoms with Gasteiger partial charge in [0.2, 0.25) is 0 Å². The third-order valence-electron chi connectivity index (χ3n) is 6.45. The maximum absolute atomic E-state index is 14.1. The first-order valence-electron chi connectivity index (χ1n) is 11.8. The standard InChI is InChI=1S/C27H24ClN3O5S/c1-5-30-18-10-8-7-9-16(18)21(24(30)32)23-25(33)31-22(17-13-15(28)11-12-19(17)35-4)20(26(34)36-6-2)14(3)29-27(31)37-23/h7-13,22H,5-6H2,1-4H3/b23-21-/t22-/m0/s1. The highest BCUT2D eigenvalue weighted by atomic mass is 35.5. The predicted molar refractivity (Wildman–Crippen MR) is 142 cm³/mol. The summed E-state index contributed by atoms with van der Waals surface area (Å²) in [5, 5.41) is 0.414. The monoisotopic (exact) mass is 537 g/mol. The van der Waals surface area contributed by atoms with Crippen LogP contribution in [0, 0.1) is 0 Å². The Morgan fingerprint density at radius 1 is 1.16 bits per heavy atom. The SMILES string of the molecule is CCOC(=O)C1=C(C)N=c2s/c(=C3\C(=O)N(CC)c4ccccc43)c(=O)n2[C@H]1c1cc(Cl)ccc1OC. The summed E-state index contributed by atoms with van der Waals surface area (Å²) in [5.41, 5.74) is 2.48. The summed E-state index contributed by atoms with van der Waals surface area (Å²) in [6.07, 6.45) is 0. The van der Waals surface area contributed by atoms with Crippen molar-refractivity contribution in [3.63, 3.8) is 0 Å². The lowest BCUT2D eigenvalue weighted by atomic mass is 9.95. The van der Waals surface area contributed by atoms with E-state index in [1.54, 1.807) is 36.9 Å². The zero-order chi connectivity index (χ0) is 26.4. The van der Waals surface area contributed by atoms with Crippen molar-refractivity contribution in [3.05, 3.63) is 89.6 Å². The average Bonchev–Trinajstić information content (AvgIpc) is 3.35. The Balaban J connectivity index is 1.87. The summed E-state index contributed by atoms with van der Waals surface area (Å²) in [7, 11) is 1.51. The number of hydrogen-bond donors (Lipinski definition) is 0. The molecule has 0 spiro atoms. The van der Waals surface area contributed by atoms with Gasteiger partial charge in [-0.25, -0.2) is 9.79 Å². The number of carbonyl (C=O) groups is 2. The number of fused-ring (bicyclic) bond motifs is 2. The van der Waals surface area contributed by atoms with Gasteiger partial charge >= 0.3 is 5.97 Å². The van der Waals surface area contributed by atoms with Gasteiger partial charge < -0.3 is 14.4 Å². The highest BCUT2D eigenvalue weighted by Gasteiger charge is 2.38. The van der Waals surface area contributed by atoms with Crippen LogP contribution >= 0.6 is 22.9 Å². The van der Waals surface area contributed by atoms with E-state index < -0.39 is 17.6 Å². The molecule has 0 N–H and O–H groups in total. The molecule has 37 heavy (non-hydrogen) atoms. The molecule has 0 fully saturated rings. The van der Waals surface area contributed by atoms with E-state index in [0.717, 1.165) is 17.0 Å². The van der Waals surface area contributed by atoms with Crippen LogP contribution in [-0.2, 0) is 14.3 Å². The summed E-state index contributed by atoms with van der Waals surface area (Å²) >= 11 is 7.48. The van der Waals surface area contributed by atoms with Crippen molar-refractivity contribution in [2.75, 3.05) is 25.2 Å². The van der Waals surface area contributed by atoms with Gasteiger partial charge in [0.25, 0.3) is 11.5 Å². The van der Waals surface area contributed by atoms with E-state index in [-0.39, 0.29) is 22.6 Å². The number of methoxy groups -OCH3 is 1. The van der Waals surface area contributed by atoms with Gasteiger partial charge in [0, 0.05) is 22.7 Å². The first kappa shape index (κ1) is 25.0. The Kier molecular flexibility index (Phi) is 6.51. The predicted octanol–water partition coefficient (Wildman–Crippen LogP) is 3.20. The van der Waals surface area contributed by atoms with Crippen LogP contribution in [-0.4, -0.2) is 36.7 Å². The Labute approximate surface area is 221 Å². The molecule has 0 bridgehead atoms. The minimum Gasteiger partial charge on any atom is -0.496 e. The molecule has 1 atom stereocenters. The molecule has 190 valence electrons. The first-order chi connectivity index (χ1) is 17.8. The van der Waals surface area contributed by atoms with E-state index in [0.29, 0.717) is 44.5 Å². The summed E-state index contributed by atoms with van der Waals surface area (Å²) in [6.45, 7) is 5.92. The summed E-state index contributed by atoms with van der Waals surface area (Å²) in [5.74, 6) is -0.385. The number of carbonyl (C=O) groups excluding carboxylic acids is 2. The molecule has 0 radical (unpaired) electrons. The number of likely N-dealkylation sites (N-methyl/N-ethyl adjacent to an activating group) is 1. The van der Waals surface area contributed by atoms with Crippen LogP contribution in [0.2, 0.25) is 5.02 Å². The number of rotatable bonds is 5. The number of amides is 1. The summed E-state index contributed by atoms with van der Waals surface area (Å²) < 4.78 is 12.6. The second-order valence-electron chi connectivity index (χ2n) is 8.45. The molecule has 2 aliphatic heterocycles. The van der Waals surface area contributed by atoms with E-state index in [2.05, 4.69) is 4.99 Å². The highest BCUT2D eigenvalue weighted by Crippen LogP contribution is 2.38. The fourth-order valence-electron chi connectivity index (χ4n) is 4.87. The molecule has 1 aromatic heterocycles. The third-order valence-corrected chi connectivity index (χ3v) is 7.73. The highest BCUT2D eigenvalue weighted by molar-refractivity contribution is 7.07. The summed E-state index contributed by atoms with van der Waals surface area (Å²) in [6, 6.07) is 11.5. The number of benzene rings is 2. The zero-order valence-electron chi connectivity index (χ0n) is 20.7. The number of esters is 1.